The van der Waals surface area contributed by atoms with Crippen molar-refractivity contribution in [2.45, 2.75) is 56.1 Å². The molecule has 2 aromatic carbocycles. The van der Waals surface area contributed by atoms with E-state index in [1.54, 1.807) is 24.5 Å². The van der Waals surface area contributed by atoms with E-state index in [2.05, 4.69) is 51.3 Å². The minimum absolute atomic E-state index is 0.0918. The fraction of sp³-hybridized carbons (Fsp3) is 0.391. The summed E-state index contributed by atoms with van der Waals surface area (Å²) >= 11 is 7.20. The number of hydrogen-bond donors (Lipinski definition) is 1. The smallest absolute Gasteiger partial charge is 0.338 e. The summed E-state index contributed by atoms with van der Waals surface area (Å²) < 4.78 is 5.25. The van der Waals surface area contributed by atoms with Crippen LogP contribution in [0.4, 0.5) is 11.4 Å². The van der Waals surface area contributed by atoms with Crippen LogP contribution < -0.4 is 10.4 Å². The van der Waals surface area contributed by atoms with E-state index < -0.39 is 0 Å². The SMILES string of the molecule is CCOC(=O)c1ccc(NN(C=S)c2ccc3c(c2)C(C)(C)CC(C)(C)S3)cc1. The number of thiocarbonyl (C=S) groups is 1. The van der Waals surface area contributed by atoms with Crippen LogP contribution in [-0.2, 0) is 10.2 Å². The van der Waals surface area contributed by atoms with Crippen LogP contribution in [0.15, 0.2) is 47.4 Å². The maximum Gasteiger partial charge on any atom is 0.338 e. The summed E-state index contributed by atoms with van der Waals surface area (Å²) in [6, 6.07) is 13.7. The van der Waals surface area contributed by atoms with Gasteiger partial charge in [0.25, 0.3) is 0 Å². The molecule has 0 atom stereocenters. The molecule has 0 aliphatic carbocycles. The van der Waals surface area contributed by atoms with Crippen LogP contribution in [0, 0.1) is 0 Å². The predicted octanol–water partition coefficient (Wildman–Crippen LogP) is 6.21. The van der Waals surface area contributed by atoms with Gasteiger partial charge in [-0.3, -0.25) is 10.4 Å². The lowest BCUT2D eigenvalue weighted by atomic mass is 9.77. The van der Waals surface area contributed by atoms with Gasteiger partial charge in [-0.15, -0.1) is 11.8 Å². The van der Waals surface area contributed by atoms with Gasteiger partial charge in [0, 0.05) is 9.64 Å². The zero-order valence-electron chi connectivity index (χ0n) is 17.6. The van der Waals surface area contributed by atoms with Crippen LogP contribution in [0.25, 0.3) is 0 Å². The lowest BCUT2D eigenvalue weighted by Gasteiger charge is -2.42. The molecule has 0 fully saturated rings. The maximum absolute atomic E-state index is 11.8. The van der Waals surface area contributed by atoms with Gasteiger partial charge < -0.3 is 4.74 Å². The molecule has 0 bridgehead atoms. The maximum atomic E-state index is 11.8. The zero-order valence-corrected chi connectivity index (χ0v) is 19.2. The van der Waals surface area contributed by atoms with Crippen LogP contribution >= 0.6 is 24.0 Å². The Balaban J connectivity index is 1.83. The minimum Gasteiger partial charge on any atom is -0.462 e. The van der Waals surface area contributed by atoms with E-state index in [0.717, 1.165) is 17.8 Å². The van der Waals surface area contributed by atoms with E-state index in [0.29, 0.717) is 12.2 Å². The number of fused-ring (bicyclic) bond motifs is 1. The molecule has 1 aliphatic rings. The van der Waals surface area contributed by atoms with Gasteiger partial charge in [-0.25, -0.2) is 4.79 Å². The molecule has 1 aliphatic heterocycles. The van der Waals surface area contributed by atoms with E-state index >= 15 is 0 Å². The molecule has 1 heterocycles. The summed E-state index contributed by atoms with van der Waals surface area (Å²) in [5.41, 5.74) is 8.70. The van der Waals surface area contributed by atoms with Crippen LogP contribution in [0.3, 0.4) is 0 Å². The topological polar surface area (TPSA) is 41.6 Å². The van der Waals surface area contributed by atoms with Crippen molar-refractivity contribution in [3.05, 3.63) is 53.6 Å². The molecule has 29 heavy (non-hydrogen) atoms. The van der Waals surface area contributed by atoms with Crippen molar-refractivity contribution >= 4 is 46.8 Å². The molecular weight excluding hydrogens is 400 g/mol. The summed E-state index contributed by atoms with van der Waals surface area (Å²) in [5, 5.41) is 1.83. The van der Waals surface area contributed by atoms with Gasteiger partial charge >= 0.3 is 5.97 Å². The molecule has 0 amide bonds. The van der Waals surface area contributed by atoms with Gasteiger partial charge in [-0.1, -0.05) is 39.9 Å². The van der Waals surface area contributed by atoms with Crippen molar-refractivity contribution in [1.29, 1.82) is 0 Å². The molecule has 0 spiro atoms. The third-order valence-electron chi connectivity index (χ3n) is 4.98. The van der Waals surface area contributed by atoms with Gasteiger partial charge in [-0.2, -0.15) is 0 Å². The molecule has 1 N–H and O–H groups in total. The van der Waals surface area contributed by atoms with Gasteiger partial charge in [-0.05, 0) is 66.8 Å². The molecule has 4 nitrogen and oxygen atoms in total. The largest absolute Gasteiger partial charge is 0.462 e. The molecule has 154 valence electrons. The molecule has 0 radical (unpaired) electrons. The van der Waals surface area contributed by atoms with E-state index in [1.165, 1.54) is 10.5 Å². The highest BCUT2D eigenvalue weighted by molar-refractivity contribution is 8.00. The Kier molecular flexibility index (Phi) is 6.24. The fourth-order valence-electron chi connectivity index (χ4n) is 3.97. The van der Waals surface area contributed by atoms with Crippen LogP contribution in [0.1, 0.15) is 57.0 Å². The van der Waals surface area contributed by atoms with Gasteiger partial charge in [0.15, 0.2) is 0 Å². The number of thioether (sulfide) groups is 1. The molecule has 2 aromatic rings. The van der Waals surface area contributed by atoms with Crippen LogP contribution in [0.2, 0.25) is 0 Å². The highest BCUT2D eigenvalue weighted by atomic mass is 32.2. The zero-order chi connectivity index (χ0) is 21.2. The Morgan fingerprint density at radius 2 is 1.90 bits per heavy atom. The van der Waals surface area contributed by atoms with Crippen LogP contribution in [-0.4, -0.2) is 22.8 Å². The number of ether oxygens (including phenoxy) is 1. The number of rotatable bonds is 6. The van der Waals surface area contributed by atoms with Crippen molar-refractivity contribution < 1.29 is 9.53 Å². The van der Waals surface area contributed by atoms with E-state index in [9.17, 15) is 4.79 Å². The molecular formula is C23H28N2O2S2. The number of esters is 1. The number of anilines is 2. The van der Waals surface area contributed by atoms with E-state index in [-0.39, 0.29) is 16.1 Å². The predicted molar refractivity (Wildman–Crippen MR) is 126 cm³/mol. The normalized spacial score (nSPS) is 16.4. The number of benzene rings is 2. The van der Waals surface area contributed by atoms with Crippen LogP contribution in [0.5, 0.6) is 0 Å². The first-order valence-electron chi connectivity index (χ1n) is 9.77. The first-order chi connectivity index (χ1) is 13.6. The molecule has 0 saturated heterocycles. The second kappa shape index (κ2) is 8.36. The standard InChI is InChI=1S/C23H28N2O2S2/c1-6-27-21(26)16-7-9-17(10-8-16)24-25(15-28)18-11-12-20-19(13-18)22(2,3)14-23(4,5)29-20/h7-13,15,24H,6,14H2,1-5H3. The molecule has 0 unspecified atom stereocenters. The summed E-state index contributed by atoms with van der Waals surface area (Å²) in [5.74, 6) is -0.317. The highest BCUT2D eigenvalue weighted by Crippen LogP contribution is 2.51. The van der Waals surface area contributed by atoms with Crippen molar-refractivity contribution in [3.8, 4) is 0 Å². The average molecular weight is 429 g/mol. The van der Waals surface area contributed by atoms with E-state index in [4.69, 9.17) is 17.0 Å². The van der Waals surface area contributed by atoms with Gasteiger partial charge in [0.1, 0.15) is 0 Å². The van der Waals surface area contributed by atoms with Crippen molar-refractivity contribution in [2.24, 2.45) is 0 Å². The Morgan fingerprint density at radius 1 is 1.21 bits per heavy atom. The lowest BCUT2D eigenvalue weighted by Crippen LogP contribution is -2.34. The number of nitrogens with one attached hydrogen (secondary N) is 1. The number of hydrogen-bond acceptors (Lipinski definition) is 5. The number of nitrogens with zero attached hydrogens (tertiary/aromatic N) is 1. The van der Waals surface area contributed by atoms with Crippen molar-refractivity contribution in [1.82, 2.24) is 0 Å². The first-order valence-corrected chi connectivity index (χ1v) is 11.1. The third-order valence-corrected chi connectivity index (χ3v) is 6.46. The Bertz CT molecular complexity index is 908. The fourth-order valence-corrected chi connectivity index (χ4v) is 5.75. The summed E-state index contributed by atoms with van der Waals surface area (Å²) in [6.07, 6.45) is 1.11. The minimum atomic E-state index is -0.317. The second-order valence-electron chi connectivity index (χ2n) is 8.49. The number of carbonyl (C=O) groups is 1. The number of carbonyl (C=O) groups excluding carboxylic acids is 1. The molecule has 3 rings (SSSR count). The average Bonchev–Trinajstić information content (AvgIpc) is 2.65. The molecule has 6 heteroatoms. The quantitative estimate of drug-likeness (QED) is 0.335. The second-order valence-corrected chi connectivity index (χ2v) is 10.4. The van der Waals surface area contributed by atoms with Gasteiger partial charge in [0.05, 0.1) is 29.0 Å². The summed E-state index contributed by atoms with van der Waals surface area (Å²) in [6.45, 7) is 11.4. The lowest BCUT2D eigenvalue weighted by molar-refractivity contribution is 0.0526. The third kappa shape index (κ3) is 4.93. The summed E-state index contributed by atoms with van der Waals surface area (Å²) in [7, 11) is 0. The molecule has 0 saturated carbocycles. The Labute approximate surface area is 183 Å². The van der Waals surface area contributed by atoms with Crippen molar-refractivity contribution in [2.75, 3.05) is 17.0 Å². The first kappa shape index (κ1) is 21.7. The number of hydrazine groups is 1. The monoisotopic (exact) mass is 428 g/mol. The van der Waals surface area contributed by atoms with Gasteiger partial charge in [0.2, 0.25) is 0 Å². The Morgan fingerprint density at radius 3 is 2.52 bits per heavy atom. The molecule has 0 aromatic heterocycles. The Hall–Kier alpha value is -2.05. The van der Waals surface area contributed by atoms with Crippen molar-refractivity contribution in [3.63, 3.8) is 0 Å². The highest BCUT2D eigenvalue weighted by Gasteiger charge is 2.38. The van der Waals surface area contributed by atoms with E-state index in [1.807, 2.05) is 28.9 Å². The summed E-state index contributed by atoms with van der Waals surface area (Å²) in [4.78, 5) is 13.2.